The first-order chi connectivity index (χ1) is 7.31. The molecule has 0 amide bonds. The summed E-state index contributed by atoms with van der Waals surface area (Å²) in [6, 6.07) is 0. The van der Waals surface area contributed by atoms with Crippen molar-refractivity contribution in [3.8, 4) is 0 Å². The Morgan fingerprint density at radius 3 is 2.25 bits per heavy atom. The molecule has 0 spiro atoms. The molecule has 0 bridgehead atoms. The van der Waals surface area contributed by atoms with Gasteiger partial charge in [-0.1, -0.05) is 45.8 Å². The van der Waals surface area contributed by atoms with Crippen LogP contribution in [0.3, 0.4) is 0 Å². The van der Waals surface area contributed by atoms with Crippen LogP contribution in [0.2, 0.25) is 0 Å². The molecule has 16 heavy (non-hydrogen) atoms. The van der Waals surface area contributed by atoms with Crippen LogP contribution in [0.1, 0.15) is 6.92 Å². The van der Waals surface area contributed by atoms with Gasteiger partial charge in [0.25, 0.3) is 0 Å². The minimum absolute atomic E-state index is 0.282. The molecule has 0 rings (SSSR count). The molecule has 0 aromatic heterocycles. The molecule has 0 N–H and O–H groups in total. The van der Waals surface area contributed by atoms with E-state index in [2.05, 4.69) is 15.9 Å². The van der Waals surface area contributed by atoms with Gasteiger partial charge in [-0.2, -0.15) is 0 Å². The molecule has 6 heteroatoms. The fourth-order valence-corrected chi connectivity index (χ4v) is 2.26. The molecule has 94 valence electrons. The molecule has 0 radical (unpaired) electrons. The van der Waals surface area contributed by atoms with Crippen LogP contribution in [0.4, 0.5) is 0 Å². The molecule has 0 nitrogen and oxygen atoms in total. The van der Waals surface area contributed by atoms with E-state index in [4.69, 9.17) is 58.0 Å². The molecule has 0 aliphatic rings. The van der Waals surface area contributed by atoms with Crippen molar-refractivity contribution in [2.75, 3.05) is 11.2 Å². The average Bonchev–Trinajstić information content (AvgIpc) is 2.25. The topological polar surface area (TPSA) is 0 Å². The number of alkyl halides is 5. The maximum atomic E-state index is 6.17. The summed E-state index contributed by atoms with van der Waals surface area (Å²) >= 11 is 33.0. The van der Waals surface area contributed by atoms with Crippen LogP contribution in [-0.4, -0.2) is 26.3 Å². The molecular formula is C10H12BrCl5. The maximum Gasteiger partial charge on any atom is 0.0857 e. The van der Waals surface area contributed by atoms with Crippen molar-refractivity contribution in [3.63, 3.8) is 0 Å². The van der Waals surface area contributed by atoms with Gasteiger partial charge in [-0.15, -0.1) is 46.4 Å². The SMILES string of the molecule is CC(Cl)(C=CCl)C(Cl)C=CC(Cl)(CCl)CBr. The standard InChI is InChI=1S/C10H12BrCl5/c1-9(15,4-5-12)8(14)2-3-10(16,6-11)7-13/h2-5,8H,6-7H2,1H3. The van der Waals surface area contributed by atoms with Crippen LogP contribution in [0, 0.1) is 0 Å². The van der Waals surface area contributed by atoms with Crippen molar-refractivity contribution in [2.24, 2.45) is 0 Å². The Bertz CT molecular complexity index is 258. The van der Waals surface area contributed by atoms with Crippen molar-refractivity contribution >= 4 is 73.9 Å². The van der Waals surface area contributed by atoms with E-state index >= 15 is 0 Å². The maximum absolute atomic E-state index is 6.17. The summed E-state index contributed by atoms with van der Waals surface area (Å²) in [5.41, 5.74) is 1.34. The second kappa shape index (κ2) is 7.76. The zero-order valence-corrected chi connectivity index (χ0v) is 13.9. The van der Waals surface area contributed by atoms with Crippen molar-refractivity contribution in [3.05, 3.63) is 23.8 Å². The predicted molar refractivity (Wildman–Crippen MR) is 81.1 cm³/mol. The fourth-order valence-electron chi connectivity index (χ4n) is 0.785. The number of allylic oxidation sites excluding steroid dienone is 3. The Balaban J connectivity index is 4.66. The smallest absolute Gasteiger partial charge is 0.0857 e. The Morgan fingerprint density at radius 1 is 1.31 bits per heavy atom. The first-order valence-electron chi connectivity index (χ1n) is 4.42. The van der Waals surface area contributed by atoms with Crippen LogP contribution >= 0.6 is 73.9 Å². The normalized spacial score (nSPS) is 22.2. The largest absolute Gasteiger partial charge is 0.124 e. The lowest BCUT2D eigenvalue weighted by Crippen LogP contribution is -2.27. The van der Waals surface area contributed by atoms with E-state index in [1.807, 2.05) is 0 Å². The molecule has 0 saturated heterocycles. The van der Waals surface area contributed by atoms with E-state index in [0.717, 1.165) is 0 Å². The molecule has 3 atom stereocenters. The molecule has 0 aliphatic carbocycles. The van der Waals surface area contributed by atoms with Gasteiger partial charge in [-0.3, -0.25) is 0 Å². The zero-order chi connectivity index (χ0) is 12.8. The Labute approximate surface area is 130 Å². The molecule has 3 unspecified atom stereocenters. The van der Waals surface area contributed by atoms with Gasteiger partial charge in [0.1, 0.15) is 0 Å². The van der Waals surface area contributed by atoms with Gasteiger partial charge in [-0.05, 0) is 6.92 Å². The Hall–Kier alpha value is 1.41. The monoisotopic (exact) mass is 386 g/mol. The summed E-state index contributed by atoms with van der Waals surface area (Å²) < 4.78 is 0. The lowest BCUT2D eigenvalue weighted by molar-refractivity contribution is 0.790. The lowest BCUT2D eigenvalue weighted by atomic mass is 10.0. The first-order valence-corrected chi connectivity index (χ1v) is 7.71. The molecular weight excluding hydrogens is 377 g/mol. The third kappa shape index (κ3) is 5.84. The molecule has 0 heterocycles. The highest BCUT2D eigenvalue weighted by molar-refractivity contribution is 9.09. The van der Waals surface area contributed by atoms with E-state index < -0.39 is 15.1 Å². The molecule has 0 saturated carbocycles. The third-order valence-corrected chi connectivity index (χ3v) is 5.46. The number of rotatable bonds is 6. The quantitative estimate of drug-likeness (QED) is 0.415. The molecule has 0 fully saturated rings. The van der Waals surface area contributed by atoms with Crippen molar-refractivity contribution < 1.29 is 0 Å². The summed E-state index contributed by atoms with van der Waals surface area (Å²) in [4.78, 5) is -1.40. The number of halogens is 6. The van der Waals surface area contributed by atoms with Crippen LogP contribution in [0.25, 0.3) is 0 Å². The van der Waals surface area contributed by atoms with Gasteiger partial charge in [0.05, 0.1) is 15.1 Å². The van der Waals surface area contributed by atoms with Crippen LogP contribution in [0.5, 0.6) is 0 Å². The van der Waals surface area contributed by atoms with E-state index in [0.29, 0.717) is 5.33 Å². The highest BCUT2D eigenvalue weighted by atomic mass is 79.9. The highest BCUT2D eigenvalue weighted by Gasteiger charge is 2.27. The zero-order valence-electron chi connectivity index (χ0n) is 8.57. The highest BCUT2D eigenvalue weighted by Crippen LogP contribution is 2.29. The number of hydrogen-bond donors (Lipinski definition) is 0. The van der Waals surface area contributed by atoms with Crippen LogP contribution < -0.4 is 0 Å². The van der Waals surface area contributed by atoms with Crippen molar-refractivity contribution in [1.29, 1.82) is 0 Å². The summed E-state index contributed by atoms with van der Waals surface area (Å²) in [6.07, 6.45) is 5.08. The van der Waals surface area contributed by atoms with E-state index in [1.54, 1.807) is 25.2 Å². The predicted octanol–water partition coefficient (Wildman–Crippen LogP) is 5.51. The van der Waals surface area contributed by atoms with Gasteiger partial charge >= 0.3 is 0 Å². The second-order valence-electron chi connectivity index (χ2n) is 3.51. The fraction of sp³-hybridized carbons (Fsp3) is 0.600. The van der Waals surface area contributed by atoms with Crippen LogP contribution in [0.15, 0.2) is 23.8 Å². The lowest BCUT2D eigenvalue weighted by Gasteiger charge is -2.23. The molecule has 0 aliphatic heterocycles. The Morgan fingerprint density at radius 2 is 1.88 bits per heavy atom. The summed E-state index contributed by atoms with van der Waals surface area (Å²) in [6.45, 7) is 1.76. The van der Waals surface area contributed by atoms with Gasteiger partial charge in [-0.25, -0.2) is 0 Å². The molecule has 0 aromatic carbocycles. The minimum atomic E-state index is -0.754. The van der Waals surface area contributed by atoms with Gasteiger partial charge in [0.2, 0.25) is 0 Å². The summed E-state index contributed by atoms with van der Waals surface area (Å²) in [5.74, 6) is 0.282. The summed E-state index contributed by atoms with van der Waals surface area (Å²) in [5, 5.41) is 0.111. The van der Waals surface area contributed by atoms with Crippen LogP contribution in [-0.2, 0) is 0 Å². The van der Waals surface area contributed by atoms with E-state index in [-0.39, 0.29) is 5.88 Å². The van der Waals surface area contributed by atoms with Gasteiger partial charge in [0.15, 0.2) is 0 Å². The van der Waals surface area contributed by atoms with Gasteiger partial charge < -0.3 is 0 Å². The minimum Gasteiger partial charge on any atom is -0.124 e. The van der Waals surface area contributed by atoms with Gasteiger partial charge in [0, 0.05) is 16.7 Å². The second-order valence-corrected chi connectivity index (χ2v) is 6.62. The average molecular weight is 389 g/mol. The first kappa shape index (κ1) is 17.4. The molecule has 0 aromatic rings. The Kier molecular flexibility index (Phi) is 8.44. The third-order valence-electron chi connectivity index (χ3n) is 1.94. The summed E-state index contributed by atoms with van der Waals surface area (Å²) in [7, 11) is 0. The van der Waals surface area contributed by atoms with Crippen molar-refractivity contribution in [1.82, 2.24) is 0 Å². The van der Waals surface area contributed by atoms with E-state index in [9.17, 15) is 0 Å². The number of hydrogen-bond acceptors (Lipinski definition) is 0. The van der Waals surface area contributed by atoms with E-state index in [1.165, 1.54) is 5.54 Å². The van der Waals surface area contributed by atoms with Crippen molar-refractivity contribution in [2.45, 2.75) is 22.0 Å².